The second-order valence-corrected chi connectivity index (χ2v) is 9.56. The number of rotatable bonds is 6. The molecule has 1 saturated carbocycles. The SMILES string of the molecule is CC(COC1CCCC1)CS(=O)(=O)N1CC2(CCCOC2)C1. The van der Waals surface area contributed by atoms with E-state index in [4.69, 9.17) is 9.47 Å². The largest absolute Gasteiger partial charge is 0.381 e. The Hall–Kier alpha value is -0.170. The number of hydrogen-bond acceptors (Lipinski definition) is 4. The Bertz CT molecular complexity index is 459. The standard InChI is InChI=1S/C16H29NO4S/c1-14(9-21-15-5-2-3-6-15)10-22(18,19)17-11-16(12-17)7-4-8-20-13-16/h14-15H,2-13H2,1H3. The zero-order valence-electron chi connectivity index (χ0n) is 13.6. The molecule has 2 aliphatic heterocycles. The summed E-state index contributed by atoms with van der Waals surface area (Å²) in [5.41, 5.74) is 0.106. The fourth-order valence-corrected chi connectivity index (χ4v) is 5.89. The molecule has 0 radical (unpaired) electrons. The molecule has 0 bridgehead atoms. The quantitative estimate of drug-likeness (QED) is 0.747. The summed E-state index contributed by atoms with van der Waals surface area (Å²) in [7, 11) is -3.15. The van der Waals surface area contributed by atoms with Crippen LogP contribution in [-0.2, 0) is 19.5 Å². The van der Waals surface area contributed by atoms with Gasteiger partial charge in [0.05, 0.1) is 25.1 Å². The Morgan fingerprint density at radius 3 is 2.64 bits per heavy atom. The van der Waals surface area contributed by atoms with Crippen molar-refractivity contribution >= 4 is 10.0 Å². The van der Waals surface area contributed by atoms with Crippen LogP contribution in [0.2, 0.25) is 0 Å². The normalized spacial score (nSPS) is 27.9. The molecule has 5 nitrogen and oxygen atoms in total. The molecule has 128 valence electrons. The maximum Gasteiger partial charge on any atom is 0.214 e. The van der Waals surface area contributed by atoms with Gasteiger partial charge in [-0.25, -0.2) is 12.7 Å². The Kier molecular flexibility index (Phi) is 5.12. The summed E-state index contributed by atoms with van der Waals surface area (Å²) in [6.45, 7) is 5.37. The third-order valence-electron chi connectivity index (χ3n) is 5.23. The van der Waals surface area contributed by atoms with Crippen molar-refractivity contribution in [2.75, 3.05) is 38.7 Å². The highest BCUT2D eigenvalue weighted by atomic mass is 32.2. The fraction of sp³-hybridized carbons (Fsp3) is 1.00. The first-order valence-corrected chi connectivity index (χ1v) is 10.3. The molecule has 22 heavy (non-hydrogen) atoms. The molecule has 1 atom stereocenters. The van der Waals surface area contributed by atoms with Crippen molar-refractivity contribution < 1.29 is 17.9 Å². The molecular weight excluding hydrogens is 302 g/mol. The van der Waals surface area contributed by atoms with Crippen LogP contribution in [0.4, 0.5) is 0 Å². The summed E-state index contributed by atoms with van der Waals surface area (Å²) >= 11 is 0. The lowest BCUT2D eigenvalue weighted by Gasteiger charge is -2.51. The molecule has 1 spiro atoms. The van der Waals surface area contributed by atoms with E-state index in [9.17, 15) is 8.42 Å². The van der Waals surface area contributed by atoms with Crippen molar-refractivity contribution in [3.05, 3.63) is 0 Å². The van der Waals surface area contributed by atoms with Gasteiger partial charge < -0.3 is 9.47 Å². The fourth-order valence-electron chi connectivity index (χ4n) is 3.93. The van der Waals surface area contributed by atoms with E-state index in [-0.39, 0.29) is 17.1 Å². The minimum absolute atomic E-state index is 0.0600. The second kappa shape index (κ2) is 6.75. The van der Waals surface area contributed by atoms with Gasteiger partial charge in [-0.05, 0) is 31.6 Å². The first-order valence-electron chi connectivity index (χ1n) is 8.66. The number of sulfonamides is 1. The Balaban J connectivity index is 1.43. The predicted octanol–water partition coefficient (Wildman–Crippen LogP) is 2.02. The minimum Gasteiger partial charge on any atom is -0.381 e. The highest BCUT2D eigenvalue weighted by Gasteiger charge is 2.48. The molecule has 0 aromatic heterocycles. The number of hydrogen-bond donors (Lipinski definition) is 0. The van der Waals surface area contributed by atoms with E-state index in [1.54, 1.807) is 4.31 Å². The summed E-state index contributed by atoms with van der Waals surface area (Å²) in [5, 5.41) is 0. The molecule has 2 saturated heterocycles. The van der Waals surface area contributed by atoms with Gasteiger partial charge in [0, 0.05) is 25.1 Å². The molecule has 1 unspecified atom stereocenters. The summed E-state index contributed by atoms with van der Waals surface area (Å²) in [5.74, 6) is 0.265. The van der Waals surface area contributed by atoms with Crippen molar-refractivity contribution in [3.8, 4) is 0 Å². The molecule has 6 heteroatoms. The summed E-state index contributed by atoms with van der Waals surface area (Å²) in [6, 6.07) is 0. The van der Waals surface area contributed by atoms with E-state index >= 15 is 0 Å². The van der Waals surface area contributed by atoms with Gasteiger partial charge in [0.1, 0.15) is 0 Å². The van der Waals surface area contributed by atoms with Crippen molar-refractivity contribution in [2.24, 2.45) is 11.3 Å². The van der Waals surface area contributed by atoms with Crippen LogP contribution < -0.4 is 0 Å². The van der Waals surface area contributed by atoms with E-state index in [2.05, 4.69) is 0 Å². The van der Waals surface area contributed by atoms with Gasteiger partial charge in [0.25, 0.3) is 0 Å². The van der Waals surface area contributed by atoms with Crippen LogP contribution in [0.25, 0.3) is 0 Å². The molecule has 0 N–H and O–H groups in total. The molecule has 3 rings (SSSR count). The molecule has 0 amide bonds. The van der Waals surface area contributed by atoms with Gasteiger partial charge >= 0.3 is 0 Å². The molecule has 3 fully saturated rings. The van der Waals surface area contributed by atoms with E-state index in [0.29, 0.717) is 25.8 Å². The van der Waals surface area contributed by atoms with Crippen molar-refractivity contribution in [1.29, 1.82) is 0 Å². The van der Waals surface area contributed by atoms with Crippen molar-refractivity contribution in [1.82, 2.24) is 4.31 Å². The van der Waals surface area contributed by atoms with E-state index in [0.717, 1.165) is 38.9 Å². The molecular formula is C16H29NO4S. The van der Waals surface area contributed by atoms with Crippen LogP contribution in [0.5, 0.6) is 0 Å². The molecule has 1 aliphatic carbocycles. The average molecular weight is 331 g/mol. The van der Waals surface area contributed by atoms with Crippen LogP contribution in [0.1, 0.15) is 45.4 Å². The Labute approximate surface area is 134 Å². The van der Waals surface area contributed by atoms with E-state index < -0.39 is 10.0 Å². The van der Waals surface area contributed by atoms with Gasteiger partial charge in [-0.3, -0.25) is 0 Å². The zero-order valence-corrected chi connectivity index (χ0v) is 14.4. The van der Waals surface area contributed by atoms with Gasteiger partial charge in [-0.1, -0.05) is 19.8 Å². The first-order chi connectivity index (χ1) is 10.5. The second-order valence-electron chi connectivity index (χ2n) is 7.55. The van der Waals surface area contributed by atoms with Gasteiger partial charge in [-0.2, -0.15) is 0 Å². The maximum absolute atomic E-state index is 12.5. The highest BCUT2D eigenvalue weighted by molar-refractivity contribution is 7.89. The number of ether oxygens (including phenoxy) is 2. The van der Waals surface area contributed by atoms with E-state index in [1.807, 2.05) is 6.92 Å². The number of nitrogens with zero attached hydrogens (tertiary/aromatic N) is 1. The van der Waals surface area contributed by atoms with Crippen LogP contribution in [-0.4, -0.2) is 57.5 Å². The van der Waals surface area contributed by atoms with Gasteiger partial charge in [-0.15, -0.1) is 0 Å². The topological polar surface area (TPSA) is 55.8 Å². The maximum atomic E-state index is 12.5. The third kappa shape index (κ3) is 3.83. The van der Waals surface area contributed by atoms with Gasteiger partial charge in [0.2, 0.25) is 10.0 Å². The molecule has 2 heterocycles. The van der Waals surface area contributed by atoms with Crippen LogP contribution in [0.15, 0.2) is 0 Å². The molecule has 3 aliphatic rings. The summed E-state index contributed by atoms with van der Waals surface area (Å²) in [6.07, 6.45) is 7.27. The lowest BCUT2D eigenvalue weighted by molar-refractivity contribution is -0.0703. The lowest BCUT2D eigenvalue weighted by Crippen LogP contribution is -2.62. The smallest absolute Gasteiger partial charge is 0.214 e. The van der Waals surface area contributed by atoms with Gasteiger partial charge in [0.15, 0.2) is 0 Å². The highest BCUT2D eigenvalue weighted by Crippen LogP contribution is 2.39. The average Bonchev–Trinajstić information content (AvgIpc) is 2.96. The van der Waals surface area contributed by atoms with E-state index in [1.165, 1.54) is 12.8 Å². The summed E-state index contributed by atoms with van der Waals surface area (Å²) in [4.78, 5) is 0. The van der Waals surface area contributed by atoms with Crippen molar-refractivity contribution in [3.63, 3.8) is 0 Å². The first kappa shape index (κ1) is 16.7. The van der Waals surface area contributed by atoms with Crippen molar-refractivity contribution in [2.45, 2.75) is 51.6 Å². The molecule has 0 aromatic carbocycles. The lowest BCUT2D eigenvalue weighted by atomic mass is 9.77. The minimum atomic E-state index is -3.15. The Morgan fingerprint density at radius 1 is 1.27 bits per heavy atom. The monoisotopic (exact) mass is 331 g/mol. The predicted molar refractivity (Wildman–Crippen MR) is 85.2 cm³/mol. The summed E-state index contributed by atoms with van der Waals surface area (Å²) < 4.78 is 38.0. The zero-order chi connectivity index (χ0) is 15.6. The van der Waals surface area contributed by atoms with Crippen LogP contribution >= 0.6 is 0 Å². The molecule has 0 aromatic rings. The van der Waals surface area contributed by atoms with Crippen LogP contribution in [0.3, 0.4) is 0 Å². The third-order valence-corrected chi connectivity index (χ3v) is 7.27. The Morgan fingerprint density at radius 2 is 2.00 bits per heavy atom. The van der Waals surface area contributed by atoms with Crippen LogP contribution in [0, 0.1) is 11.3 Å².